The van der Waals surface area contributed by atoms with Gasteiger partial charge in [-0.2, -0.15) is 10.4 Å². The number of aromatic nitrogens is 3. The van der Waals surface area contributed by atoms with E-state index in [1.165, 1.54) is 23.1 Å². The fraction of sp³-hybridized carbons (Fsp3) is 0.261. The Morgan fingerprint density at radius 2 is 1.91 bits per heavy atom. The van der Waals surface area contributed by atoms with Crippen molar-refractivity contribution in [3.63, 3.8) is 0 Å². The van der Waals surface area contributed by atoms with Crippen molar-refractivity contribution in [2.45, 2.75) is 38.0 Å². The minimum atomic E-state index is -1.01. The molecule has 1 aliphatic carbocycles. The predicted molar refractivity (Wildman–Crippen MR) is 111 cm³/mol. The number of rotatable bonds is 4. The van der Waals surface area contributed by atoms with Crippen LogP contribution in [0.5, 0.6) is 0 Å². The summed E-state index contributed by atoms with van der Waals surface area (Å²) in [4.78, 5) is 28.6. The molecule has 2 aromatic heterocycles. The van der Waals surface area contributed by atoms with Crippen molar-refractivity contribution in [1.82, 2.24) is 14.8 Å². The molecule has 1 amide bonds. The number of halogens is 2. The number of hydrogen-bond acceptors (Lipinski definition) is 5. The second-order valence-electron chi connectivity index (χ2n) is 7.77. The van der Waals surface area contributed by atoms with E-state index in [0.29, 0.717) is 48.4 Å². The van der Waals surface area contributed by atoms with E-state index < -0.39 is 23.0 Å². The molecule has 3 aromatic rings. The summed E-state index contributed by atoms with van der Waals surface area (Å²) in [6, 6.07) is 9.02. The van der Waals surface area contributed by atoms with Crippen molar-refractivity contribution in [3.8, 4) is 11.8 Å². The molecule has 0 atom stereocenters. The molecule has 0 unspecified atom stereocenters. The van der Waals surface area contributed by atoms with Gasteiger partial charge in [0, 0.05) is 18.9 Å². The highest BCUT2D eigenvalue weighted by Crippen LogP contribution is 2.37. The molecule has 1 aliphatic rings. The van der Waals surface area contributed by atoms with Crippen LogP contribution in [0.3, 0.4) is 0 Å². The lowest BCUT2D eigenvalue weighted by molar-refractivity contribution is -0.121. The molecule has 4 rings (SSSR count). The minimum absolute atomic E-state index is 0.152. The van der Waals surface area contributed by atoms with Crippen LogP contribution in [0.25, 0.3) is 5.69 Å². The van der Waals surface area contributed by atoms with E-state index in [-0.39, 0.29) is 11.3 Å². The standard InChI is InChI=1S/C23H19F2N5O2/c1-14-18(12-28-30(14)16-3-4-19(24)20(25)10-16)22(32)29-15-2-5-21(27-11-15)23(13-26)8-6-17(31)7-9-23/h2-5,10-12H,6-9H2,1H3,(H,29,32). The second-order valence-corrected chi connectivity index (χ2v) is 7.77. The van der Waals surface area contributed by atoms with Crippen LogP contribution in [0.1, 0.15) is 47.4 Å². The smallest absolute Gasteiger partial charge is 0.259 e. The lowest BCUT2D eigenvalue weighted by Gasteiger charge is -2.29. The molecule has 1 saturated carbocycles. The van der Waals surface area contributed by atoms with Gasteiger partial charge >= 0.3 is 0 Å². The molecule has 1 fully saturated rings. The minimum Gasteiger partial charge on any atom is -0.320 e. The Labute approximate surface area is 182 Å². The lowest BCUT2D eigenvalue weighted by Crippen LogP contribution is -2.31. The molecule has 7 nitrogen and oxygen atoms in total. The Hall–Kier alpha value is -3.93. The zero-order valence-electron chi connectivity index (χ0n) is 17.2. The van der Waals surface area contributed by atoms with Crippen LogP contribution < -0.4 is 5.32 Å². The quantitative estimate of drug-likeness (QED) is 0.667. The van der Waals surface area contributed by atoms with Crippen LogP contribution in [0.4, 0.5) is 14.5 Å². The van der Waals surface area contributed by atoms with Gasteiger partial charge in [-0.3, -0.25) is 14.6 Å². The van der Waals surface area contributed by atoms with E-state index in [1.54, 1.807) is 19.1 Å². The molecule has 9 heteroatoms. The van der Waals surface area contributed by atoms with Gasteiger partial charge in [0.15, 0.2) is 11.6 Å². The van der Waals surface area contributed by atoms with Gasteiger partial charge in [-0.05, 0) is 44.0 Å². The highest BCUT2D eigenvalue weighted by Gasteiger charge is 2.37. The largest absolute Gasteiger partial charge is 0.320 e. The maximum Gasteiger partial charge on any atom is 0.259 e. The third kappa shape index (κ3) is 3.87. The molecule has 2 heterocycles. The zero-order valence-corrected chi connectivity index (χ0v) is 17.2. The van der Waals surface area contributed by atoms with E-state index in [4.69, 9.17) is 0 Å². The predicted octanol–water partition coefficient (Wildman–Crippen LogP) is 4.01. The van der Waals surface area contributed by atoms with E-state index in [0.717, 1.165) is 12.1 Å². The number of Topliss-reactive ketones (excluding diaryl/α,β-unsaturated/α-hetero) is 1. The molecule has 0 bridgehead atoms. The zero-order chi connectivity index (χ0) is 22.9. The summed E-state index contributed by atoms with van der Waals surface area (Å²) >= 11 is 0. The number of nitriles is 1. The topological polar surface area (TPSA) is 101 Å². The number of ketones is 1. The highest BCUT2D eigenvalue weighted by atomic mass is 19.2. The number of amides is 1. The molecular formula is C23H19F2N5O2. The summed E-state index contributed by atoms with van der Waals surface area (Å²) in [6.07, 6.45) is 4.39. The van der Waals surface area contributed by atoms with E-state index in [2.05, 4.69) is 21.5 Å². The highest BCUT2D eigenvalue weighted by molar-refractivity contribution is 6.04. The molecule has 1 aromatic carbocycles. The summed E-state index contributed by atoms with van der Waals surface area (Å²) < 4.78 is 28.1. The van der Waals surface area contributed by atoms with Crippen LogP contribution >= 0.6 is 0 Å². The van der Waals surface area contributed by atoms with Crippen molar-refractivity contribution in [1.29, 1.82) is 5.26 Å². The Kier molecular flexibility index (Phi) is 5.53. The molecule has 1 N–H and O–H groups in total. The lowest BCUT2D eigenvalue weighted by atomic mass is 9.72. The van der Waals surface area contributed by atoms with Gasteiger partial charge in [-0.1, -0.05) is 0 Å². The van der Waals surface area contributed by atoms with Gasteiger partial charge in [0.25, 0.3) is 5.91 Å². The Morgan fingerprint density at radius 3 is 2.53 bits per heavy atom. The fourth-order valence-electron chi connectivity index (χ4n) is 3.84. The summed E-state index contributed by atoms with van der Waals surface area (Å²) in [5.74, 6) is -2.26. The fourth-order valence-corrected chi connectivity index (χ4v) is 3.84. The van der Waals surface area contributed by atoms with Gasteiger partial charge in [-0.15, -0.1) is 0 Å². The normalized spacial score (nSPS) is 15.2. The third-order valence-corrected chi connectivity index (χ3v) is 5.79. The van der Waals surface area contributed by atoms with Crippen molar-refractivity contribution >= 4 is 17.4 Å². The number of hydrogen-bond donors (Lipinski definition) is 1. The SMILES string of the molecule is Cc1c(C(=O)Nc2ccc(C3(C#N)CCC(=O)CC3)nc2)cnn1-c1ccc(F)c(F)c1. The van der Waals surface area contributed by atoms with Gasteiger partial charge < -0.3 is 5.32 Å². The average Bonchev–Trinajstić information content (AvgIpc) is 3.18. The van der Waals surface area contributed by atoms with Gasteiger partial charge in [0.2, 0.25) is 0 Å². The van der Waals surface area contributed by atoms with Crippen molar-refractivity contribution in [2.24, 2.45) is 0 Å². The molecule has 0 spiro atoms. The molecule has 0 aliphatic heterocycles. The average molecular weight is 435 g/mol. The third-order valence-electron chi connectivity index (χ3n) is 5.79. The number of benzene rings is 1. The van der Waals surface area contributed by atoms with Crippen LogP contribution in [-0.2, 0) is 10.2 Å². The van der Waals surface area contributed by atoms with E-state index in [9.17, 15) is 23.6 Å². The van der Waals surface area contributed by atoms with E-state index in [1.807, 2.05) is 0 Å². The summed E-state index contributed by atoms with van der Waals surface area (Å²) in [7, 11) is 0. The Bertz CT molecular complexity index is 1230. The van der Waals surface area contributed by atoms with Crippen LogP contribution in [-0.4, -0.2) is 26.5 Å². The second kappa shape index (κ2) is 8.30. The van der Waals surface area contributed by atoms with Crippen LogP contribution in [0.2, 0.25) is 0 Å². The van der Waals surface area contributed by atoms with Crippen molar-refractivity contribution in [3.05, 3.63) is 71.3 Å². The number of nitrogens with one attached hydrogen (secondary N) is 1. The van der Waals surface area contributed by atoms with Gasteiger partial charge in [0.05, 0.1) is 46.8 Å². The molecule has 0 saturated heterocycles. The summed E-state index contributed by atoms with van der Waals surface area (Å²) in [5, 5.41) is 16.5. The number of carbonyl (C=O) groups excluding carboxylic acids is 2. The Morgan fingerprint density at radius 1 is 1.16 bits per heavy atom. The van der Waals surface area contributed by atoms with Crippen molar-refractivity contribution in [2.75, 3.05) is 5.32 Å². The van der Waals surface area contributed by atoms with Gasteiger partial charge in [-0.25, -0.2) is 13.5 Å². The van der Waals surface area contributed by atoms with Crippen molar-refractivity contribution < 1.29 is 18.4 Å². The van der Waals surface area contributed by atoms with E-state index >= 15 is 0 Å². The first kappa shape index (κ1) is 21.3. The maximum absolute atomic E-state index is 13.5. The maximum atomic E-state index is 13.5. The summed E-state index contributed by atoms with van der Waals surface area (Å²) in [5.41, 5.74) is 1.22. The van der Waals surface area contributed by atoms with Crippen LogP contribution in [0, 0.1) is 29.9 Å². The molecular weight excluding hydrogens is 416 g/mol. The Balaban J connectivity index is 1.51. The molecule has 0 radical (unpaired) electrons. The molecule has 162 valence electrons. The number of pyridine rings is 1. The number of anilines is 1. The first-order chi connectivity index (χ1) is 15.3. The van der Waals surface area contributed by atoms with Gasteiger partial charge in [0.1, 0.15) is 11.2 Å². The monoisotopic (exact) mass is 435 g/mol. The van der Waals surface area contributed by atoms with Crippen LogP contribution in [0.15, 0.2) is 42.7 Å². The molecule has 32 heavy (non-hydrogen) atoms. The number of carbonyl (C=O) groups is 2. The first-order valence-corrected chi connectivity index (χ1v) is 10.0. The summed E-state index contributed by atoms with van der Waals surface area (Å²) in [6.45, 7) is 1.64. The first-order valence-electron chi connectivity index (χ1n) is 10.0. The number of nitrogens with zero attached hydrogens (tertiary/aromatic N) is 4.